The Bertz CT molecular complexity index is 986. The molecule has 2 amide bonds. The predicted molar refractivity (Wildman–Crippen MR) is 116 cm³/mol. The van der Waals surface area contributed by atoms with Crippen molar-refractivity contribution in [3.8, 4) is 5.75 Å². The van der Waals surface area contributed by atoms with Gasteiger partial charge < -0.3 is 15.0 Å². The number of benzene rings is 3. The lowest BCUT2D eigenvalue weighted by molar-refractivity contribution is 0.0989. The number of carbonyl (C=O) groups excluding carboxylic acids is 2. The Morgan fingerprint density at radius 1 is 0.828 bits per heavy atom. The van der Waals surface area contributed by atoms with Crippen LogP contribution >= 0.6 is 0 Å². The van der Waals surface area contributed by atoms with Gasteiger partial charge in [0.2, 0.25) is 0 Å². The summed E-state index contributed by atoms with van der Waals surface area (Å²) in [5.74, 6) is 0.0144. The highest BCUT2D eigenvalue weighted by atomic mass is 16.5. The van der Waals surface area contributed by atoms with Crippen molar-refractivity contribution < 1.29 is 14.3 Å². The predicted octanol–water partition coefficient (Wildman–Crippen LogP) is 5.00. The molecule has 3 aromatic carbocycles. The Morgan fingerprint density at radius 2 is 1.45 bits per heavy atom. The first-order valence-corrected chi connectivity index (χ1v) is 9.64. The minimum Gasteiger partial charge on any atom is -0.493 e. The summed E-state index contributed by atoms with van der Waals surface area (Å²) in [6.45, 7) is 4.76. The molecule has 0 aliphatic carbocycles. The standard InChI is InChI=1S/C24H24N2O3/c1-3-26(18-12-6-5-7-13-18)24(28)19-14-8-10-16-21(19)25-23(27)20-15-9-11-17-22(20)29-4-2/h5-17H,3-4H2,1-2H3,(H,25,27). The second-order valence-electron chi connectivity index (χ2n) is 6.31. The Balaban J connectivity index is 1.89. The van der Waals surface area contributed by atoms with Crippen LogP contribution in [0.4, 0.5) is 11.4 Å². The van der Waals surface area contributed by atoms with Crippen LogP contribution in [0.2, 0.25) is 0 Å². The lowest BCUT2D eigenvalue weighted by Crippen LogP contribution is -2.31. The van der Waals surface area contributed by atoms with Crippen molar-refractivity contribution in [2.45, 2.75) is 13.8 Å². The number of anilines is 2. The van der Waals surface area contributed by atoms with Crippen LogP contribution in [0.25, 0.3) is 0 Å². The van der Waals surface area contributed by atoms with Gasteiger partial charge in [-0.05, 0) is 50.2 Å². The maximum Gasteiger partial charge on any atom is 0.260 e. The van der Waals surface area contributed by atoms with E-state index in [1.165, 1.54) is 0 Å². The summed E-state index contributed by atoms with van der Waals surface area (Å²) in [6, 6.07) is 23.6. The van der Waals surface area contributed by atoms with E-state index in [4.69, 9.17) is 4.74 Å². The molecule has 5 heteroatoms. The van der Waals surface area contributed by atoms with Crippen molar-refractivity contribution in [2.24, 2.45) is 0 Å². The van der Waals surface area contributed by atoms with Crippen LogP contribution in [0.1, 0.15) is 34.6 Å². The number of ether oxygens (including phenoxy) is 1. The van der Waals surface area contributed by atoms with Gasteiger partial charge in [0.15, 0.2) is 0 Å². The smallest absolute Gasteiger partial charge is 0.260 e. The highest BCUT2D eigenvalue weighted by Gasteiger charge is 2.21. The molecule has 1 N–H and O–H groups in total. The summed E-state index contributed by atoms with van der Waals surface area (Å²) in [6.07, 6.45) is 0. The molecule has 3 aromatic rings. The number of carbonyl (C=O) groups is 2. The molecule has 148 valence electrons. The minimum atomic E-state index is -0.322. The summed E-state index contributed by atoms with van der Waals surface area (Å²) in [4.78, 5) is 27.8. The average Bonchev–Trinajstić information content (AvgIpc) is 2.76. The molecule has 5 nitrogen and oxygen atoms in total. The van der Waals surface area contributed by atoms with Crippen molar-refractivity contribution in [3.05, 3.63) is 90.0 Å². The third kappa shape index (κ3) is 4.63. The van der Waals surface area contributed by atoms with Crippen LogP contribution < -0.4 is 15.0 Å². The van der Waals surface area contributed by atoms with Gasteiger partial charge in [-0.15, -0.1) is 0 Å². The fourth-order valence-electron chi connectivity index (χ4n) is 3.10. The van der Waals surface area contributed by atoms with Gasteiger partial charge in [-0.2, -0.15) is 0 Å². The summed E-state index contributed by atoms with van der Waals surface area (Å²) >= 11 is 0. The summed E-state index contributed by atoms with van der Waals surface area (Å²) in [5.41, 5.74) is 2.12. The van der Waals surface area contributed by atoms with Crippen LogP contribution in [0, 0.1) is 0 Å². The zero-order chi connectivity index (χ0) is 20.6. The monoisotopic (exact) mass is 388 g/mol. The second kappa shape index (κ2) is 9.55. The zero-order valence-corrected chi connectivity index (χ0v) is 16.6. The largest absolute Gasteiger partial charge is 0.493 e. The topological polar surface area (TPSA) is 58.6 Å². The molecule has 0 heterocycles. The van der Waals surface area contributed by atoms with Crippen LogP contribution in [0.3, 0.4) is 0 Å². The summed E-state index contributed by atoms with van der Waals surface area (Å²) < 4.78 is 5.55. The highest BCUT2D eigenvalue weighted by Crippen LogP contribution is 2.24. The van der Waals surface area contributed by atoms with Crippen LogP contribution in [0.5, 0.6) is 5.75 Å². The molecule has 0 unspecified atom stereocenters. The van der Waals surface area contributed by atoms with E-state index >= 15 is 0 Å². The second-order valence-corrected chi connectivity index (χ2v) is 6.31. The Hall–Kier alpha value is -3.60. The molecular weight excluding hydrogens is 364 g/mol. The number of amides is 2. The minimum absolute atomic E-state index is 0.173. The summed E-state index contributed by atoms with van der Waals surface area (Å²) in [5, 5.41) is 2.87. The molecule has 0 radical (unpaired) electrons. The number of nitrogens with one attached hydrogen (secondary N) is 1. The van der Waals surface area contributed by atoms with E-state index in [9.17, 15) is 9.59 Å². The SMILES string of the molecule is CCOc1ccccc1C(=O)Nc1ccccc1C(=O)N(CC)c1ccccc1. The fourth-order valence-corrected chi connectivity index (χ4v) is 3.10. The van der Waals surface area contributed by atoms with Crippen molar-refractivity contribution in [3.63, 3.8) is 0 Å². The molecule has 0 saturated heterocycles. The molecule has 0 aliphatic heterocycles. The first-order valence-electron chi connectivity index (χ1n) is 9.64. The maximum atomic E-state index is 13.2. The molecule has 0 bridgehead atoms. The Morgan fingerprint density at radius 3 is 2.14 bits per heavy atom. The van der Waals surface area contributed by atoms with Crippen molar-refractivity contribution in [1.82, 2.24) is 0 Å². The van der Waals surface area contributed by atoms with Gasteiger partial charge in [0, 0.05) is 12.2 Å². The van der Waals surface area contributed by atoms with E-state index in [-0.39, 0.29) is 11.8 Å². The van der Waals surface area contributed by atoms with E-state index < -0.39 is 0 Å². The van der Waals surface area contributed by atoms with E-state index in [0.717, 1.165) is 5.69 Å². The molecule has 0 aliphatic rings. The normalized spacial score (nSPS) is 10.3. The third-order valence-electron chi connectivity index (χ3n) is 4.47. The van der Waals surface area contributed by atoms with E-state index in [1.807, 2.05) is 50.2 Å². The fraction of sp³-hybridized carbons (Fsp3) is 0.167. The third-order valence-corrected chi connectivity index (χ3v) is 4.47. The molecule has 0 aromatic heterocycles. The van der Waals surface area contributed by atoms with Gasteiger partial charge in [-0.3, -0.25) is 9.59 Å². The summed E-state index contributed by atoms with van der Waals surface area (Å²) in [7, 11) is 0. The first kappa shape index (κ1) is 20.1. The molecule has 0 atom stereocenters. The number of rotatable bonds is 7. The maximum absolute atomic E-state index is 13.2. The number of hydrogen-bond acceptors (Lipinski definition) is 3. The highest BCUT2D eigenvalue weighted by molar-refractivity contribution is 6.14. The number of para-hydroxylation sites is 3. The lowest BCUT2D eigenvalue weighted by atomic mass is 10.1. The molecule has 0 fully saturated rings. The Labute approximate surface area is 170 Å². The molecule has 0 saturated carbocycles. The van der Waals surface area contributed by atoms with Gasteiger partial charge in [-0.1, -0.05) is 42.5 Å². The van der Waals surface area contributed by atoms with Gasteiger partial charge >= 0.3 is 0 Å². The van der Waals surface area contributed by atoms with Crippen LogP contribution in [-0.4, -0.2) is 25.0 Å². The van der Waals surface area contributed by atoms with E-state index in [2.05, 4.69) is 5.32 Å². The molecular formula is C24H24N2O3. The van der Waals surface area contributed by atoms with Crippen LogP contribution in [0.15, 0.2) is 78.9 Å². The van der Waals surface area contributed by atoms with Gasteiger partial charge in [0.1, 0.15) is 5.75 Å². The quantitative estimate of drug-likeness (QED) is 0.619. The Kier molecular flexibility index (Phi) is 6.63. The van der Waals surface area contributed by atoms with Crippen LogP contribution in [-0.2, 0) is 0 Å². The molecule has 0 spiro atoms. The van der Waals surface area contributed by atoms with E-state index in [1.54, 1.807) is 47.4 Å². The average molecular weight is 388 g/mol. The van der Waals surface area contributed by atoms with Gasteiger partial charge in [-0.25, -0.2) is 0 Å². The van der Waals surface area contributed by atoms with E-state index in [0.29, 0.717) is 35.7 Å². The van der Waals surface area contributed by atoms with Crippen molar-refractivity contribution in [1.29, 1.82) is 0 Å². The molecule has 3 rings (SSSR count). The first-order chi connectivity index (χ1) is 14.2. The van der Waals surface area contributed by atoms with Crippen molar-refractivity contribution >= 4 is 23.2 Å². The van der Waals surface area contributed by atoms with Crippen molar-refractivity contribution in [2.75, 3.05) is 23.4 Å². The number of hydrogen-bond donors (Lipinski definition) is 1. The van der Waals surface area contributed by atoms with Gasteiger partial charge in [0.05, 0.1) is 23.4 Å². The molecule has 29 heavy (non-hydrogen) atoms. The lowest BCUT2D eigenvalue weighted by Gasteiger charge is -2.22. The number of nitrogens with zero attached hydrogens (tertiary/aromatic N) is 1. The van der Waals surface area contributed by atoms with Gasteiger partial charge in [0.25, 0.3) is 11.8 Å². The zero-order valence-electron chi connectivity index (χ0n) is 16.6.